The van der Waals surface area contributed by atoms with Crippen molar-refractivity contribution < 1.29 is 14.7 Å². The Labute approximate surface area is 113 Å². The molecule has 0 spiro atoms. The number of carbonyl (C=O) groups excluding carboxylic acids is 1. The standard InChI is InChI=1S/C15H21NO3/c1-2-7-12-8-3-4-9-13(12)16-14(17)10-5-6-11-15(18)19/h3-4,8-9H,2,5-7,10-11H2,1H3,(H,16,17)(H,18,19). The van der Waals surface area contributed by atoms with Crippen molar-refractivity contribution in [2.24, 2.45) is 0 Å². The Bertz CT molecular complexity index is 429. The zero-order valence-corrected chi connectivity index (χ0v) is 11.3. The number of nitrogens with one attached hydrogen (secondary N) is 1. The van der Waals surface area contributed by atoms with Gasteiger partial charge in [0.05, 0.1) is 0 Å². The summed E-state index contributed by atoms with van der Waals surface area (Å²) in [5.41, 5.74) is 2.01. The molecular formula is C15H21NO3. The SMILES string of the molecule is CCCc1ccccc1NC(=O)CCCCC(=O)O. The number of unbranched alkanes of at least 4 members (excludes halogenated alkanes) is 1. The summed E-state index contributed by atoms with van der Waals surface area (Å²) in [6, 6.07) is 7.79. The van der Waals surface area contributed by atoms with Gasteiger partial charge in [0.2, 0.25) is 5.91 Å². The summed E-state index contributed by atoms with van der Waals surface area (Å²) in [7, 11) is 0. The molecule has 0 unspecified atom stereocenters. The second kappa shape index (κ2) is 8.29. The van der Waals surface area contributed by atoms with Crippen LogP contribution in [0, 0.1) is 0 Å². The van der Waals surface area contributed by atoms with Crippen LogP contribution in [0.1, 0.15) is 44.6 Å². The molecule has 1 aromatic rings. The highest BCUT2D eigenvalue weighted by Crippen LogP contribution is 2.17. The number of rotatable bonds is 8. The third-order valence-corrected chi connectivity index (χ3v) is 2.86. The van der Waals surface area contributed by atoms with E-state index in [2.05, 4.69) is 12.2 Å². The van der Waals surface area contributed by atoms with Crippen LogP contribution in [0.4, 0.5) is 5.69 Å². The van der Waals surface area contributed by atoms with Crippen molar-refractivity contribution >= 4 is 17.6 Å². The lowest BCUT2D eigenvalue weighted by Gasteiger charge is -2.10. The highest BCUT2D eigenvalue weighted by atomic mass is 16.4. The summed E-state index contributed by atoms with van der Waals surface area (Å²) in [6.45, 7) is 2.10. The fourth-order valence-electron chi connectivity index (χ4n) is 1.90. The summed E-state index contributed by atoms with van der Waals surface area (Å²) in [4.78, 5) is 22.1. The molecule has 0 aliphatic heterocycles. The number of carbonyl (C=O) groups is 2. The van der Waals surface area contributed by atoms with Crippen LogP contribution in [-0.2, 0) is 16.0 Å². The van der Waals surface area contributed by atoms with E-state index in [1.54, 1.807) is 0 Å². The molecule has 0 heterocycles. The molecule has 1 rings (SSSR count). The van der Waals surface area contributed by atoms with Crippen LogP contribution >= 0.6 is 0 Å². The first-order valence-corrected chi connectivity index (χ1v) is 6.73. The van der Waals surface area contributed by atoms with Gasteiger partial charge in [-0.15, -0.1) is 0 Å². The molecule has 0 saturated carbocycles. The molecule has 0 atom stereocenters. The first kappa shape index (κ1) is 15.2. The molecule has 104 valence electrons. The zero-order valence-electron chi connectivity index (χ0n) is 11.3. The maximum atomic E-state index is 11.8. The van der Waals surface area contributed by atoms with E-state index in [0.29, 0.717) is 19.3 Å². The number of aryl methyl sites for hydroxylation is 1. The lowest BCUT2D eigenvalue weighted by molar-refractivity contribution is -0.137. The van der Waals surface area contributed by atoms with Crippen molar-refractivity contribution in [1.29, 1.82) is 0 Å². The Kier molecular flexibility index (Phi) is 6.64. The number of aliphatic carboxylic acids is 1. The molecular weight excluding hydrogens is 242 g/mol. The molecule has 19 heavy (non-hydrogen) atoms. The molecule has 0 saturated heterocycles. The van der Waals surface area contributed by atoms with E-state index in [1.165, 1.54) is 0 Å². The molecule has 0 aromatic heterocycles. The number of benzene rings is 1. The number of amides is 1. The van der Waals surface area contributed by atoms with Crippen LogP contribution in [0.5, 0.6) is 0 Å². The summed E-state index contributed by atoms with van der Waals surface area (Å²) in [6.07, 6.45) is 3.61. The normalized spacial score (nSPS) is 10.2. The van der Waals surface area contributed by atoms with Crippen LogP contribution in [0.25, 0.3) is 0 Å². The van der Waals surface area contributed by atoms with Gasteiger partial charge in [0.25, 0.3) is 0 Å². The van der Waals surface area contributed by atoms with Gasteiger partial charge in [0, 0.05) is 18.5 Å². The monoisotopic (exact) mass is 263 g/mol. The van der Waals surface area contributed by atoms with Gasteiger partial charge >= 0.3 is 5.97 Å². The minimum atomic E-state index is -0.811. The zero-order chi connectivity index (χ0) is 14.1. The van der Waals surface area contributed by atoms with Crippen LogP contribution < -0.4 is 5.32 Å². The Hall–Kier alpha value is -1.84. The first-order valence-electron chi connectivity index (χ1n) is 6.73. The van der Waals surface area contributed by atoms with Gasteiger partial charge in [-0.3, -0.25) is 9.59 Å². The molecule has 1 amide bonds. The average molecular weight is 263 g/mol. The summed E-state index contributed by atoms with van der Waals surface area (Å²) < 4.78 is 0. The van der Waals surface area contributed by atoms with Crippen LogP contribution in [0.15, 0.2) is 24.3 Å². The Morgan fingerprint density at radius 3 is 2.53 bits per heavy atom. The van der Waals surface area contributed by atoms with Gasteiger partial charge in [0.15, 0.2) is 0 Å². The topological polar surface area (TPSA) is 66.4 Å². The highest BCUT2D eigenvalue weighted by Gasteiger charge is 2.06. The Morgan fingerprint density at radius 1 is 1.16 bits per heavy atom. The molecule has 0 aliphatic rings. The molecule has 0 radical (unpaired) electrons. The van der Waals surface area contributed by atoms with E-state index in [4.69, 9.17) is 5.11 Å². The third kappa shape index (κ3) is 6.04. The fourth-order valence-corrected chi connectivity index (χ4v) is 1.90. The average Bonchev–Trinajstić information content (AvgIpc) is 2.37. The number of para-hydroxylation sites is 1. The number of hydrogen-bond acceptors (Lipinski definition) is 2. The number of hydrogen-bond donors (Lipinski definition) is 2. The van der Waals surface area contributed by atoms with E-state index in [-0.39, 0.29) is 12.3 Å². The van der Waals surface area contributed by atoms with Crippen LogP contribution in [-0.4, -0.2) is 17.0 Å². The number of carboxylic acid groups (broad SMARTS) is 1. The number of carboxylic acids is 1. The quantitative estimate of drug-likeness (QED) is 0.708. The van der Waals surface area contributed by atoms with Gasteiger partial charge in [-0.25, -0.2) is 0 Å². The summed E-state index contributed by atoms with van der Waals surface area (Å²) >= 11 is 0. The predicted molar refractivity (Wildman–Crippen MR) is 75.2 cm³/mol. The van der Waals surface area contributed by atoms with Crippen molar-refractivity contribution in [2.75, 3.05) is 5.32 Å². The molecule has 4 heteroatoms. The number of anilines is 1. The minimum Gasteiger partial charge on any atom is -0.481 e. The maximum Gasteiger partial charge on any atom is 0.303 e. The molecule has 4 nitrogen and oxygen atoms in total. The van der Waals surface area contributed by atoms with Gasteiger partial charge in [-0.2, -0.15) is 0 Å². The molecule has 0 fully saturated rings. The van der Waals surface area contributed by atoms with E-state index < -0.39 is 5.97 Å². The lowest BCUT2D eigenvalue weighted by atomic mass is 10.1. The minimum absolute atomic E-state index is 0.0473. The van der Waals surface area contributed by atoms with Crippen molar-refractivity contribution in [3.05, 3.63) is 29.8 Å². The Balaban J connectivity index is 2.41. The van der Waals surface area contributed by atoms with Gasteiger partial charge in [-0.05, 0) is 30.9 Å². The van der Waals surface area contributed by atoms with Gasteiger partial charge in [0.1, 0.15) is 0 Å². The van der Waals surface area contributed by atoms with Crippen LogP contribution in [0.2, 0.25) is 0 Å². The largest absolute Gasteiger partial charge is 0.481 e. The maximum absolute atomic E-state index is 11.8. The summed E-state index contributed by atoms with van der Waals surface area (Å²) in [5.74, 6) is -0.859. The molecule has 1 aromatic carbocycles. The van der Waals surface area contributed by atoms with Crippen molar-refractivity contribution in [3.63, 3.8) is 0 Å². The van der Waals surface area contributed by atoms with E-state index in [9.17, 15) is 9.59 Å². The third-order valence-electron chi connectivity index (χ3n) is 2.86. The van der Waals surface area contributed by atoms with E-state index >= 15 is 0 Å². The lowest BCUT2D eigenvalue weighted by Crippen LogP contribution is -2.12. The van der Waals surface area contributed by atoms with E-state index in [0.717, 1.165) is 24.1 Å². The molecule has 2 N–H and O–H groups in total. The Morgan fingerprint density at radius 2 is 1.84 bits per heavy atom. The van der Waals surface area contributed by atoms with E-state index in [1.807, 2.05) is 24.3 Å². The smallest absolute Gasteiger partial charge is 0.303 e. The van der Waals surface area contributed by atoms with Gasteiger partial charge < -0.3 is 10.4 Å². The second-order valence-corrected chi connectivity index (χ2v) is 4.56. The molecule has 0 aliphatic carbocycles. The fraction of sp³-hybridized carbons (Fsp3) is 0.467. The highest BCUT2D eigenvalue weighted by molar-refractivity contribution is 5.91. The van der Waals surface area contributed by atoms with Gasteiger partial charge in [-0.1, -0.05) is 31.5 Å². The first-order chi connectivity index (χ1) is 9.13. The van der Waals surface area contributed by atoms with Crippen molar-refractivity contribution in [3.8, 4) is 0 Å². The second-order valence-electron chi connectivity index (χ2n) is 4.56. The molecule has 0 bridgehead atoms. The predicted octanol–water partition coefficient (Wildman–Crippen LogP) is 3.22. The van der Waals surface area contributed by atoms with Crippen molar-refractivity contribution in [2.45, 2.75) is 45.4 Å². The summed E-state index contributed by atoms with van der Waals surface area (Å²) in [5, 5.41) is 11.4. The van der Waals surface area contributed by atoms with Crippen molar-refractivity contribution in [1.82, 2.24) is 0 Å². The van der Waals surface area contributed by atoms with Crippen LogP contribution in [0.3, 0.4) is 0 Å².